The summed E-state index contributed by atoms with van der Waals surface area (Å²) in [6, 6.07) is 2.62. The fourth-order valence-electron chi connectivity index (χ4n) is 6.87. The molecule has 5 N–H and O–H groups in total. The van der Waals surface area contributed by atoms with Gasteiger partial charge in [0.05, 0.1) is 35.0 Å². The van der Waals surface area contributed by atoms with Gasteiger partial charge in [-0.1, -0.05) is 12.1 Å². The number of Topliss-reactive ketones (excluding diaryl/α,β-unsaturated/α-hetero) is 3. The number of phenolic OH excluding ortho intramolecular Hbond substituents is 1. The molecule has 2 heterocycles. The first-order chi connectivity index (χ1) is 20.1. The average molecular weight is 597 g/mol. The Morgan fingerprint density at radius 1 is 1.00 bits per heavy atom. The number of aromatic hydroxyl groups is 1. The van der Waals surface area contributed by atoms with E-state index in [9.17, 15) is 44.7 Å². The minimum atomic E-state index is -2.78. The van der Waals surface area contributed by atoms with Crippen molar-refractivity contribution in [1.29, 1.82) is 0 Å². The van der Waals surface area contributed by atoms with E-state index in [4.69, 9.17) is 14.2 Å². The normalized spacial score (nSPS) is 40.8. The smallest absolute Gasteiger partial charge is 0.198 e. The van der Waals surface area contributed by atoms with Crippen molar-refractivity contribution in [3.05, 3.63) is 64.3 Å². The first kappa shape index (κ1) is 29.7. The standard InChI is InChI=1S/C31H32O12/c1-13-18(32)6-7-22(42-13)43-28-14(2)41-20(10-19(28)33)15-4-5-16-23(25(15)35)26(36)17-8-9-30(39)12-29(3,38)11-21(34)31(30,40)24(17)27(16)37/h4-9,13-14,19-20,22,28,33,35,38-40H,10-12H2,1-3H3/t13-,14+,19+,20+,22-,28+,29-,30-,31-/m0/s1. The summed E-state index contributed by atoms with van der Waals surface area (Å²) in [5.41, 5.74) is -8.25. The Labute approximate surface area is 245 Å². The van der Waals surface area contributed by atoms with Gasteiger partial charge in [0, 0.05) is 36.0 Å². The summed E-state index contributed by atoms with van der Waals surface area (Å²) in [7, 11) is 0. The molecule has 228 valence electrons. The number of ketones is 4. The Morgan fingerprint density at radius 2 is 1.72 bits per heavy atom. The van der Waals surface area contributed by atoms with Gasteiger partial charge in [-0.05, 0) is 45.1 Å². The zero-order valence-electron chi connectivity index (χ0n) is 23.6. The molecule has 0 radical (unpaired) electrons. The first-order valence-electron chi connectivity index (χ1n) is 14.0. The Balaban J connectivity index is 1.30. The molecule has 0 bridgehead atoms. The van der Waals surface area contributed by atoms with E-state index in [1.54, 1.807) is 13.8 Å². The molecule has 0 spiro atoms. The van der Waals surface area contributed by atoms with Gasteiger partial charge >= 0.3 is 0 Å². The number of aliphatic hydroxyl groups excluding tert-OH is 1. The van der Waals surface area contributed by atoms with Crippen molar-refractivity contribution < 1.29 is 58.9 Å². The molecule has 0 unspecified atom stereocenters. The summed E-state index contributed by atoms with van der Waals surface area (Å²) in [5.74, 6) is -3.56. The lowest BCUT2D eigenvalue weighted by atomic mass is 9.57. The van der Waals surface area contributed by atoms with E-state index >= 15 is 0 Å². The van der Waals surface area contributed by atoms with Gasteiger partial charge in [0.1, 0.15) is 23.6 Å². The molecule has 3 aliphatic carbocycles. The van der Waals surface area contributed by atoms with Gasteiger partial charge in [0.15, 0.2) is 35.0 Å². The highest BCUT2D eigenvalue weighted by atomic mass is 16.7. The summed E-state index contributed by atoms with van der Waals surface area (Å²) in [6.45, 7) is 4.56. The van der Waals surface area contributed by atoms with Crippen molar-refractivity contribution in [2.45, 2.75) is 93.6 Å². The first-order valence-corrected chi connectivity index (χ1v) is 14.0. The second-order valence-corrected chi connectivity index (χ2v) is 12.3. The van der Waals surface area contributed by atoms with Crippen LogP contribution in [-0.4, -0.2) is 96.2 Å². The molecule has 43 heavy (non-hydrogen) atoms. The van der Waals surface area contributed by atoms with Gasteiger partial charge in [-0.2, -0.15) is 0 Å². The molecule has 2 fully saturated rings. The van der Waals surface area contributed by atoms with Gasteiger partial charge in [-0.15, -0.1) is 0 Å². The lowest BCUT2D eigenvalue weighted by molar-refractivity contribution is -0.243. The Morgan fingerprint density at radius 3 is 2.40 bits per heavy atom. The third-order valence-electron chi connectivity index (χ3n) is 9.00. The van der Waals surface area contributed by atoms with Crippen LogP contribution >= 0.6 is 0 Å². The van der Waals surface area contributed by atoms with E-state index in [-0.39, 0.29) is 34.5 Å². The zero-order valence-corrected chi connectivity index (χ0v) is 23.6. The number of aliphatic hydroxyl groups is 4. The van der Waals surface area contributed by atoms with Crippen LogP contribution in [0, 0.1) is 0 Å². The number of hydrogen-bond donors (Lipinski definition) is 5. The number of ether oxygens (including phenoxy) is 3. The topological polar surface area (TPSA) is 197 Å². The van der Waals surface area contributed by atoms with Crippen molar-refractivity contribution in [2.75, 3.05) is 0 Å². The molecular weight excluding hydrogens is 564 g/mol. The predicted octanol–water partition coefficient (Wildman–Crippen LogP) is 0.680. The van der Waals surface area contributed by atoms with Crippen LogP contribution in [0.15, 0.2) is 47.6 Å². The number of rotatable bonds is 3. The molecule has 1 saturated carbocycles. The van der Waals surface area contributed by atoms with Gasteiger partial charge in [-0.25, -0.2) is 0 Å². The fourth-order valence-corrected chi connectivity index (χ4v) is 6.87. The van der Waals surface area contributed by atoms with Crippen LogP contribution in [0.2, 0.25) is 0 Å². The van der Waals surface area contributed by atoms with E-state index in [0.717, 1.165) is 12.2 Å². The number of fused-ring (bicyclic) bond motifs is 3. The molecule has 2 aliphatic heterocycles. The van der Waals surface area contributed by atoms with E-state index in [2.05, 4.69) is 0 Å². The minimum Gasteiger partial charge on any atom is -0.507 e. The largest absolute Gasteiger partial charge is 0.507 e. The lowest BCUT2D eigenvalue weighted by Crippen LogP contribution is -2.69. The maximum atomic E-state index is 13.8. The summed E-state index contributed by atoms with van der Waals surface area (Å²) in [4.78, 5) is 52.3. The van der Waals surface area contributed by atoms with Crippen LogP contribution in [0.25, 0.3) is 0 Å². The second kappa shape index (κ2) is 9.83. The van der Waals surface area contributed by atoms with Crippen LogP contribution in [0.5, 0.6) is 5.75 Å². The van der Waals surface area contributed by atoms with E-state index in [0.29, 0.717) is 0 Å². The van der Waals surface area contributed by atoms with E-state index in [1.165, 1.54) is 31.2 Å². The maximum Gasteiger partial charge on any atom is 0.198 e. The Bertz CT molecular complexity index is 1540. The summed E-state index contributed by atoms with van der Waals surface area (Å²) < 4.78 is 17.4. The quantitative estimate of drug-likeness (QED) is 0.328. The third-order valence-corrected chi connectivity index (χ3v) is 9.00. The van der Waals surface area contributed by atoms with Crippen molar-refractivity contribution in [3.63, 3.8) is 0 Å². The number of hydrogen-bond acceptors (Lipinski definition) is 12. The molecule has 5 aliphatic rings. The van der Waals surface area contributed by atoms with Gasteiger partial charge in [0.25, 0.3) is 0 Å². The highest BCUT2D eigenvalue weighted by Crippen LogP contribution is 2.52. The highest BCUT2D eigenvalue weighted by molar-refractivity contribution is 6.32. The minimum absolute atomic E-state index is 0.0521. The van der Waals surface area contributed by atoms with Crippen molar-refractivity contribution in [3.8, 4) is 5.75 Å². The number of benzene rings is 1. The monoisotopic (exact) mass is 596 g/mol. The van der Waals surface area contributed by atoms with Gasteiger partial charge < -0.3 is 39.7 Å². The molecule has 6 rings (SSSR count). The molecule has 1 aromatic rings. The predicted molar refractivity (Wildman–Crippen MR) is 145 cm³/mol. The lowest BCUT2D eigenvalue weighted by Gasteiger charge is -2.51. The molecule has 12 nitrogen and oxygen atoms in total. The van der Waals surface area contributed by atoms with Crippen molar-refractivity contribution in [1.82, 2.24) is 0 Å². The fraction of sp³-hybridized carbons (Fsp3) is 0.484. The van der Waals surface area contributed by atoms with Crippen molar-refractivity contribution >= 4 is 23.1 Å². The van der Waals surface area contributed by atoms with Crippen LogP contribution in [0.3, 0.4) is 0 Å². The van der Waals surface area contributed by atoms with Crippen LogP contribution in [0.4, 0.5) is 0 Å². The molecule has 0 amide bonds. The number of phenols is 1. The Hall–Kier alpha value is -3.36. The average Bonchev–Trinajstić information content (AvgIpc) is 2.91. The molecule has 9 atom stereocenters. The van der Waals surface area contributed by atoms with Gasteiger partial charge in [0.2, 0.25) is 0 Å². The summed E-state index contributed by atoms with van der Waals surface area (Å²) in [6.07, 6.45) is -1.28. The molecule has 1 saturated heterocycles. The second-order valence-electron chi connectivity index (χ2n) is 12.3. The van der Waals surface area contributed by atoms with Crippen LogP contribution in [-0.2, 0) is 23.8 Å². The van der Waals surface area contributed by atoms with Crippen LogP contribution < -0.4 is 0 Å². The SMILES string of the molecule is C[C@@H]1O[C@@H](O[C@H]2[C@H](O)C[C@H](c3ccc4c(c3O)C(=O)C3=C(C4=O)[C@@]4(O)C(=O)C[C@](C)(O)C[C@@]4(O)C=C3)O[C@@H]2C)C=CC1=O. The number of allylic oxidation sites excluding steroid dienone is 2. The van der Waals surface area contributed by atoms with Crippen molar-refractivity contribution in [2.24, 2.45) is 0 Å². The molecular formula is C31H32O12. The zero-order chi connectivity index (χ0) is 31.2. The molecule has 0 aromatic heterocycles. The maximum absolute atomic E-state index is 13.8. The molecule has 12 heteroatoms. The van der Waals surface area contributed by atoms with E-state index < -0.39 is 95.1 Å². The number of carbonyl (C=O) groups excluding carboxylic acids is 4. The highest BCUT2D eigenvalue weighted by Gasteiger charge is 2.66. The van der Waals surface area contributed by atoms with Gasteiger partial charge in [-0.3, -0.25) is 19.2 Å². The molecule has 1 aromatic carbocycles. The summed E-state index contributed by atoms with van der Waals surface area (Å²) in [5, 5.41) is 55.6. The van der Waals surface area contributed by atoms with E-state index in [1.807, 2.05) is 0 Å². The van der Waals surface area contributed by atoms with Crippen LogP contribution in [0.1, 0.15) is 72.4 Å². The third kappa shape index (κ3) is 4.40. The summed E-state index contributed by atoms with van der Waals surface area (Å²) >= 11 is 0. The Kier molecular flexibility index (Phi) is 6.79. The number of carbonyl (C=O) groups is 4.